The van der Waals surface area contributed by atoms with Crippen molar-refractivity contribution >= 4 is 28.8 Å². The smallest absolute Gasteiger partial charge is 0.228 e. The first-order valence-electron chi connectivity index (χ1n) is 8.38. The minimum Gasteiger partial charge on any atom is -0.486 e. The van der Waals surface area contributed by atoms with Gasteiger partial charge in [-0.1, -0.05) is 11.6 Å². The third kappa shape index (κ3) is 5.17. The van der Waals surface area contributed by atoms with Crippen LogP contribution in [0.1, 0.15) is 17.1 Å². The van der Waals surface area contributed by atoms with Crippen molar-refractivity contribution in [3.8, 4) is 5.75 Å². The Morgan fingerprint density at radius 2 is 2.24 bits per heavy atom. The molecule has 1 amide bonds. The van der Waals surface area contributed by atoms with Gasteiger partial charge in [-0.15, -0.1) is 11.3 Å². The molecule has 1 fully saturated rings. The van der Waals surface area contributed by atoms with E-state index in [1.165, 1.54) is 11.3 Å². The Bertz CT molecular complexity index is 705. The highest BCUT2D eigenvalue weighted by Gasteiger charge is 2.26. The van der Waals surface area contributed by atoms with Gasteiger partial charge in [-0.25, -0.2) is 4.98 Å². The van der Waals surface area contributed by atoms with Crippen LogP contribution < -0.4 is 10.1 Å². The molecule has 1 aromatic carbocycles. The number of amides is 1. The number of nitrogens with one attached hydrogen (secondary N) is 1. The fourth-order valence-corrected chi connectivity index (χ4v) is 3.78. The monoisotopic (exact) mass is 379 g/mol. The lowest BCUT2D eigenvalue weighted by Gasteiger charge is -2.15. The summed E-state index contributed by atoms with van der Waals surface area (Å²) in [5, 5.41) is 6.68. The summed E-state index contributed by atoms with van der Waals surface area (Å²) in [6.07, 6.45) is 1.44. The third-order valence-electron chi connectivity index (χ3n) is 4.24. The normalized spacial score (nSPS) is 17.0. The highest BCUT2D eigenvalue weighted by molar-refractivity contribution is 7.09. The molecule has 0 bridgehead atoms. The van der Waals surface area contributed by atoms with Crippen LogP contribution in [0.5, 0.6) is 5.75 Å². The van der Waals surface area contributed by atoms with Gasteiger partial charge in [-0.3, -0.25) is 4.79 Å². The largest absolute Gasteiger partial charge is 0.486 e. The van der Waals surface area contributed by atoms with E-state index in [2.05, 4.69) is 10.3 Å². The number of ether oxygens (including phenoxy) is 1. The van der Waals surface area contributed by atoms with Gasteiger partial charge in [-0.2, -0.15) is 0 Å². The fourth-order valence-electron chi connectivity index (χ4n) is 2.95. The summed E-state index contributed by atoms with van der Waals surface area (Å²) in [4.78, 5) is 18.9. The quantitative estimate of drug-likeness (QED) is 0.803. The Labute approximate surface area is 157 Å². The number of halogens is 1. The van der Waals surface area contributed by atoms with Crippen LogP contribution >= 0.6 is 22.9 Å². The number of rotatable bonds is 7. The molecule has 1 N–H and O–H groups in total. The zero-order valence-electron chi connectivity index (χ0n) is 14.2. The second-order valence-electron chi connectivity index (χ2n) is 6.20. The van der Waals surface area contributed by atoms with Crippen molar-refractivity contribution in [1.82, 2.24) is 15.2 Å². The van der Waals surface area contributed by atoms with E-state index in [4.69, 9.17) is 16.3 Å². The van der Waals surface area contributed by atoms with Gasteiger partial charge in [0.1, 0.15) is 17.4 Å². The standard InChI is InChI=1S/C18H22ClN3O2S/c1-20-9-13-6-7-22(10-13)18(23)8-15-12-25-17(21-15)11-24-16-4-2-14(19)3-5-16/h2-5,12-13,20H,6-11H2,1H3. The van der Waals surface area contributed by atoms with Crippen LogP contribution in [0.4, 0.5) is 0 Å². The molecule has 1 aromatic heterocycles. The van der Waals surface area contributed by atoms with Gasteiger partial charge in [0.15, 0.2) is 0 Å². The Balaban J connectivity index is 1.48. The molecular formula is C18H22ClN3O2S. The van der Waals surface area contributed by atoms with Gasteiger partial charge in [0.25, 0.3) is 0 Å². The number of hydrogen-bond donors (Lipinski definition) is 1. The summed E-state index contributed by atoms with van der Waals surface area (Å²) in [7, 11) is 1.95. The average molecular weight is 380 g/mol. The van der Waals surface area contributed by atoms with Crippen molar-refractivity contribution in [1.29, 1.82) is 0 Å². The van der Waals surface area contributed by atoms with Crippen LogP contribution in [0.3, 0.4) is 0 Å². The van der Waals surface area contributed by atoms with Gasteiger partial charge in [0.05, 0.1) is 12.1 Å². The Hall–Kier alpha value is -1.63. The van der Waals surface area contributed by atoms with E-state index in [1.54, 1.807) is 12.1 Å². The molecule has 2 aromatic rings. The molecule has 134 valence electrons. The number of thiazole rings is 1. The van der Waals surface area contributed by atoms with Gasteiger partial charge >= 0.3 is 0 Å². The van der Waals surface area contributed by atoms with Crippen molar-refractivity contribution in [2.75, 3.05) is 26.7 Å². The van der Waals surface area contributed by atoms with E-state index in [9.17, 15) is 4.79 Å². The maximum atomic E-state index is 12.4. The summed E-state index contributed by atoms with van der Waals surface area (Å²) in [6, 6.07) is 7.24. The van der Waals surface area contributed by atoms with Crippen molar-refractivity contribution < 1.29 is 9.53 Å². The Kier molecular flexibility index (Phi) is 6.29. The summed E-state index contributed by atoms with van der Waals surface area (Å²) in [5.41, 5.74) is 0.821. The van der Waals surface area contributed by atoms with Gasteiger partial charge in [0.2, 0.25) is 5.91 Å². The molecule has 3 rings (SSSR count). The van der Waals surface area contributed by atoms with Crippen molar-refractivity contribution in [3.63, 3.8) is 0 Å². The molecule has 25 heavy (non-hydrogen) atoms. The van der Waals surface area contributed by atoms with Crippen LogP contribution in [-0.2, 0) is 17.8 Å². The Morgan fingerprint density at radius 3 is 3.00 bits per heavy atom. The first kappa shape index (κ1) is 18.2. The molecule has 2 heterocycles. The Morgan fingerprint density at radius 1 is 1.44 bits per heavy atom. The van der Waals surface area contributed by atoms with Gasteiger partial charge in [0, 0.05) is 23.5 Å². The fraction of sp³-hybridized carbons (Fsp3) is 0.444. The van der Waals surface area contributed by atoms with E-state index < -0.39 is 0 Å². The topological polar surface area (TPSA) is 54.5 Å². The van der Waals surface area contributed by atoms with Crippen molar-refractivity contribution in [2.24, 2.45) is 5.92 Å². The van der Waals surface area contributed by atoms with E-state index in [0.29, 0.717) is 24.0 Å². The molecule has 1 unspecified atom stereocenters. The molecule has 0 radical (unpaired) electrons. The predicted molar refractivity (Wildman–Crippen MR) is 100 cm³/mol. The van der Waals surface area contributed by atoms with Crippen molar-refractivity contribution in [2.45, 2.75) is 19.4 Å². The lowest BCUT2D eigenvalue weighted by Crippen LogP contribution is -2.31. The summed E-state index contributed by atoms with van der Waals surface area (Å²) in [5.74, 6) is 1.48. The lowest BCUT2D eigenvalue weighted by atomic mass is 10.1. The zero-order valence-corrected chi connectivity index (χ0v) is 15.8. The van der Waals surface area contributed by atoms with Crippen LogP contribution in [0.2, 0.25) is 5.02 Å². The maximum Gasteiger partial charge on any atom is 0.228 e. The van der Waals surface area contributed by atoms with Gasteiger partial charge in [-0.05, 0) is 50.2 Å². The molecule has 0 spiro atoms. The minimum atomic E-state index is 0.161. The van der Waals surface area contributed by atoms with Crippen LogP contribution in [0.25, 0.3) is 0 Å². The van der Waals surface area contributed by atoms with Gasteiger partial charge < -0.3 is 15.0 Å². The number of aromatic nitrogens is 1. The maximum absolute atomic E-state index is 12.4. The molecular weight excluding hydrogens is 358 g/mol. The number of likely N-dealkylation sites (tertiary alicyclic amines) is 1. The highest BCUT2D eigenvalue weighted by Crippen LogP contribution is 2.20. The molecule has 1 aliphatic heterocycles. The summed E-state index contributed by atoms with van der Waals surface area (Å²) in [6.45, 7) is 3.05. The highest BCUT2D eigenvalue weighted by atomic mass is 35.5. The van der Waals surface area contributed by atoms with Crippen LogP contribution in [-0.4, -0.2) is 42.5 Å². The predicted octanol–water partition coefficient (Wildman–Crippen LogP) is 2.99. The number of benzene rings is 1. The van der Waals surface area contributed by atoms with E-state index in [0.717, 1.165) is 42.5 Å². The van der Waals surface area contributed by atoms with Crippen LogP contribution in [0.15, 0.2) is 29.6 Å². The first-order chi connectivity index (χ1) is 12.1. The minimum absolute atomic E-state index is 0.161. The first-order valence-corrected chi connectivity index (χ1v) is 9.64. The zero-order chi connectivity index (χ0) is 17.6. The molecule has 1 atom stereocenters. The summed E-state index contributed by atoms with van der Waals surface area (Å²) < 4.78 is 5.69. The van der Waals surface area contributed by atoms with Crippen molar-refractivity contribution in [3.05, 3.63) is 45.4 Å². The number of nitrogens with zero attached hydrogens (tertiary/aromatic N) is 2. The molecule has 7 heteroatoms. The van der Waals surface area contributed by atoms with E-state index in [1.807, 2.05) is 29.5 Å². The molecule has 1 saturated heterocycles. The second kappa shape index (κ2) is 8.65. The second-order valence-corrected chi connectivity index (χ2v) is 7.58. The lowest BCUT2D eigenvalue weighted by molar-refractivity contribution is -0.129. The molecule has 1 aliphatic rings. The molecule has 0 aliphatic carbocycles. The SMILES string of the molecule is CNCC1CCN(C(=O)Cc2csc(COc3ccc(Cl)cc3)n2)C1. The van der Waals surface area contributed by atoms with Crippen LogP contribution in [0, 0.1) is 5.92 Å². The average Bonchev–Trinajstić information content (AvgIpc) is 3.24. The number of hydrogen-bond acceptors (Lipinski definition) is 5. The van der Waals surface area contributed by atoms with E-state index >= 15 is 0 Å². The van der Waals surface area contributed by atoms with E-state index in [-0.39, 0.29) is 5.91 Å². The number of carbonyl (C=O) groups is 1. The summed E-state index contributed by atoms with van der Waals surface area (Å²) >= 11 is 7.38. The molecule has 5 nitrogen and oxygen atoms in total. The third-order valence-corrected chi connectivity index (χ3v) is 5.36. The number of carbonyl (C=O) groups excluding carboxylic acids is 1. The molecule has 0 saturated carbocycles.